The summed E-state index contributed by atoms with van der Waals surface area (Å²) in [6.45, 7) is 2.53. The molecule has 0 saturated carbocycles. The lowest BCUT2D eigenvalue weighted by atomic mass is 10.1. The Bertz CT molecular complexity index is 522. The van der Waals surface area contributed by atoms with E-state index in [-0.39, 0.29) is 5.92 Å². The van der Waals surface area contributed by atoms with Crippen LogP contribution in [0, 0.1) is 24.2 Å². The van der Waals surface area contributed by atoms with Gasteiger partial charge in [0.2, 0.25) is 10.0 Å². The summed E-state index contributed by atoms with van der Waals surface area (Å²) in [5.41, 5.74) is 1.03. The average molecular weight is 236 g/mol. The van der Waals surface area contributed by atoms with Crippen LogP contribution in [0.5, 0.6) is 0 Å². The first kappa shape index (κ1) is 11.1. The van der Waals surface area contributed by atoms with Gasteiger partial charge < -0.3 is 0 Å². The Hall–Kier alpha value is -1.38. The molecule has 0 unspecified atom stereocenters. The lowest BCUT2D eigenvalue weighted by molar-refractivity contribution is 0.248. The largest absolute Gasteiger partial charge is 0.243 e. The molecule has 0 atom stereocenters. The monoisotopic (exact) mass is 236 g/mol. The Kier molecular flexibility index (Phi) is 2.70. The third kappa shape index (κ3) is 1.82. The minimum absolute atomic E-state index is 0.153. The summed E-state index contributed by atoms with van der Waals surface area (Å²) < 4.78 is 25.3. The van der Waals surface area contributed by atoms with Gasteiger partial charge in [0.1, 0.15) is 0 Å². The van der Waals surface area contributed by atoms with Crippen molar-refractivity contribution in [3.63, 3.8) is 0 Å². The van der Waals surface area contributed by atoms with Gasteiger partial charge in [0.05, 0.1) is 16.9 Å². The number of nitrogens with zero attached hydrogens (tertiary/aromatic N) is 2. The van der Waals surface area contributed by atoms with Gasteiger partial charge in [-0.3, -0.25) is 0 Å². The molecular formula is C11H12N2O2S. The van der Waals surface area contributed by atoms with Crippen LogP contribution < -0.4 is 0 Å². The molecule has 0 amide bonds. The molecule has 1 saturated heterocycles. The van der Waals surface area contributed by atoms with Crippen LogP contribution in [0.2, 0.25) is 0 Å². The third-order valence-electron chi connectivity index (χ3n) is 2.69. The molecule has 1 aliphatic rings. The molecule has 1 heterocycles. The summed E-state index contributed by atoms with van der Waals surface area (Å²) in [7, 11) is -3.38. The van der Waals surface area contributed by atoms with Crippen molar-refractivity contribution in [2.45, 2.75) is 11.8 Å². The standard InChI is InChI=1S/C11H12N2O2S/c1-9-2-4-11(5-3-9)16(14,15)13-7-10(6-12)8-13/h2-5,10H,7-8H2,1H3. The molecule has 16 heavy (non-hydrogen) atoms. The van der Waals surface area contributed by atoms with Crippen LogP contribution in [0.25, 0.3) is 0 Å². The Morgan fingerprint density at radius 1 is 1.31 bits per heavy atom. The summed E-state index contributed by atoms with van der Waals surface area (Å²) in [4.78, 5) is 0.300. The maximum Gasteiger partial charge on any atom is 0.243 e. The van der Waals surface area contributed by atoms with Crippen molar-refractivity contribution < 1.29 is 8.42 Å². The van der Waals surface area contributed by atoms with Gasteiger partial charge in [-0.15, -0.1) is 0 Å². The van der Waals surface area contributed by atoms with Gasteiger partial charge in [0, 0.05) is 13.1 Å². The number of aryl methyl sites for hydroxylation is 1. The van der Waals surface area contributed by atoms with Crippen molar-refractivity contribution in [3.8, 4) is 6.07 Å². The number of hydrogen-bond acceptors (Lipinski definition) is 3. The molecule has 4 nitrogen and oxygen atoms in total. The van der Waals surface area contributed by atoms with Gasteiger partial charge in [0.25, 0.3) is 0 Å². The second-order valence-electron chi connectivity index (χ2n) is 3.96. The van der Waals surface area contributed by atoms with E-state index in [0.29, 0.717) is 18.0 Å². The molecule has 0 N–H and O–H groups in total. The number of nitriles is 1. The molecule has 0 aromatic heterocycles. The van der Waals surface area contributed by atoms with Crippen molar-refractivity contribution in [2.24, 2.45) is 5.92 Å². The van der Waals surface area contributed by atoms with Gasteiger partial charge in [-0.1, -0.05) is 17.7 Å². The van der Waals surface area contributed by atoms with Crippen LogP contribution >= 0.6 is 0 Å². The summed E-state index contributed by atoms with van der Waals surface area (Å²) in [5, 5.41) is 8.60. The SMILES string of the molecule is Cc1ccc(S(=O)(=O)N2CC(C#N)C2)cc1. The highest BCUT2D eigenvalue weighted by Crippen LogP contribution is 2.24. The molecule has 0 radical (unpaired) electrons. The van der Waals surface area contributed by atoms with Crippen molar-refractivity contribution >= 4 is 10.0 Å². The molecule has 0 bridgehead atoms. The van der Waals surface area contributed by atoms with Crippen LogP contribution in [-0.4, -0.2) is 25.8 Å². The number of benzene rings is 1. The van der Waals surface area contributed by atoms with Crippen molar-refractivity contribution in [3.05, 3.63) is 29.8 Å². The predicted octanol–water partition coefficient (Wildman–Crippen LogP) is 1.14. The molecule has 84 valence electrons. The van der Waals surface area contributed by atoms with Crippen LogP contribution in [0.15, 0.2) is 29.2 Å². The fourth-order valence-electron chi connectivity index (χ4n) is 1.58. The molecule has 0 aliphatic carbocycles. The minimum Gasteiger partial charge on any atom is -0.207 e. The zero-order valence-corrected chi connectivity index (χ0v) is 9.74. The molecule has 1 aromatic rings. The fraction of sp³-hybridized carbons (Fsp3) is 0.364. The van der Waals surface area contributed by atoms with E-state index in [1.54, 1.807) is 24.3 Å². The molecule has 1 aliphatic heterocycles. The first-order valence-corrected chi connectivity index (χ1v) is 6.44. The van der Waals surface area contributed by atoms with Gasteiger partial charge in [-0.05, 0) is 19.1 Å². The zero-order valence-electron chi connectivity index (χ0n) is 8.92. The molecule has 0 spiro atoms. The van der Waals surface area contributed by atoms with E-state index in [4.69, 9.17) is 5.26 Å². The van der Waals surface area contributed by atoms with Crippen LogP contribution in [-0.2, 0) is 10.0 Å². The van der Waals surface area contributed by atoms with E-state index in [9.17, 15) is 8.42 Å². The zero-order chi connectivity index (χ0) is 11.8. The van der Waals surface area contributed by atoms with Crippen molar-refractivity contribution in [1.29, 1.82) is 5.26 Å². The average Bonchev–Trinajstić information content (AvgIpc) is 2.16. The maximum absolute atomic E-state index is 12.0. The third-order valence-corrected chi connectivity index (χ3v) is 4.54. The molecule has 2 rings (SSSR count). The Balaban J connectivity index is 2.21. The summed E-state index contributed by atoms with van der Waals surface area (Å²) in [6, 6.07) is 8.81. The predicted molar refractivity (Wildman–Crippen MR) is 59.0 cm³/mol. The minimum atomic E-state index is -3.38. The van der Waals surface area contributed by atoms with Crippen LogP contribution in [0.1, 0.15) is 5.56 Å². The molecular weight excluding hydrogens is 224 g/mol. The highest BCUT2D eigenvalue weighted by Gasteiger charge is 2.36. The maximum atomic E-state index is 12.0. The smallest absolute Gasteiger partial charge is 0.207 e. The normalized spacial score (nSPS) is 17.8. The molecule has 1 fully saturated rings. The van der Waals surface area contributed by atoms with Gasteiger partial charge in [-0.2, -0.15) is 9.57 Å². The number of rotatable bonds is 2. The highest BCUT2D eigenvalue weighted by molar-refractivity contribution is 7.89. The highest BCUT2D eigenvalue weighted by atomic mass is 32.2. The quantitative estimate of drug-likeness (QED) is 0.773. The molecule has 1 aromatic carbocycles. The van der Waals surface area contributed by atoms with Gasteiger partial charge in [-0.25, -0.2) is 8.42 Å². The second-order valence-corrected chi connectivity index (χ2v) is 5.90. The van der Waals surface area contributed by atoms with E-state index in [1.165, 1.54) is 4.31 Å². The van der Waals surface area contributed by atoms with E-state index in [2.05, 4.69) is 6.07 Å². The van der Waals surface area contributed by atoms with Gasteiger partial charge >= 0.3 is 0 Å². The second kappa shape index (κ2) is 3.89. The first-order chi connectivity index (χ1) is 7.54. The van der Waals surface area contributed by atoms with Crippen molar-refractivity contribution in [1.82, 2.24) is 4.31 Å². The Labute approximate surface area is 95.2 Å². The lowest BCUT2D eigenvalue weighted by Gasteiger charge is -2.33. The van der Waals surface area contributed by atoms with Crippen molar-refractivity contribution in [2.75, 3.05) is 13.1 Å². The number of hydrogen-bond donors (Lipinski definition) is 0. The van der Waals surface area contributed by atoms with E-state index < -0.39 is 10.0 Å². The van der Waals surface area contributed by atoms with E-state index in [1.807, 2.05) is 6.92 Å². The summed E-state index contributed by atoms with van der Waals surface area (Å²) in [6.07, 6.45) is 0. The first-order valence-electron chi connectivity index (χ1n) is 5.00. The lowest BCUT2D eigenvalue weighted by Crippen LogP contribution is -2.49. The summed E-state index contributed by atoms with van der Waals surface area (Å²) >= 11 is 0. The fourth-order valence-corrected chi connectivity index (χ4v) is 3.11. The van der Waals surface area contributed by atoms with Crippen LogP contribution in [0.4, 0.5) is 0 Å². The summed E-state index contributed by atoms with van der Waals surface area (Å²) in [5.74, 6) is -0.153. The van der Waals surface area contributed by atoms with E-state index >= 15 is 0 Å². The Morgan fingerprint density at radius 3 is 2.38 bits per heavy atom. The van der Waals surface area contributed by atoms with Crippen LogP contribution in [0.3, 0.4) is 0 Å². The number of sulfonamides is 1. The Morgan fingerprint density at radius 2 is 1.88 bits per heavy atom. The van der Waals surface area contributed by atoms with E-state index in [0.717, 1.165) is 5.56 Å². The topological polar surface area (TPSA) is 61.2 Å². The van der Waals surface area contributed by atoms with Gasteiger partial charge in [0.15, 0.2) is 0 Å². The molecule has 5 heteroatoms.